The molecule has 0 atom stereocenters. The number of nitrogens with zero attached hydrogens (tertiary/aromatic N) is 7. The van der Waals surface area contributed by atoms with Crippen LogP contribution in [0, 0.1) is 11.6 Å². The monoisotopic (exact) mass is 714 g/mol. The van der Waals surface area contributed by atoms with E-state index in [9.17, 15) is 18.1 Å². The summed E-state index contributed by atoms with van der Waals surface area (Å²) in [5, 5.41) is -1.68. The lowest BCUT2D eigenvalue weighted by atomic mass is 10.2. The number of rotatable bonds is 4. The minimum Gasteiger partial charge on any atom is -0.479 e. The first-order valence-corrected chi connectivity index (χ1v) is 16.9. The van der Waals surface area contributed by atoms with Gasteiger partial charge in [-0.25, -0.2) is 15.0 Å². The molecule has 6 aromatic rings. The van der Waals surface area contributed by atoms with Gasteiger partial charge in [-0.05, 0) is 58.0 Å². The van der Waals surface area contributed by atoms with Gasteiger partial charge in [-0.3, -0.25) is 19.3 Å². The number of aromatic amines is 1. The normalized spacial score (nSPS) is 10.8. The number of pyridine rings is 4. The van der Waals surface area contributed by atoms with Crippen molar-refractivity contribution < 1.29 is 22.8 Å². The van der Waals surface area contributed by atoms with Crippen molar-refractivity contribution >= 4 is 72.3 Å². The fraction of sp³-hybridized carbons (Fsp3) is 0.0769. The number of H-pyrrole nitrogens is 1. The molecular weight excluding hydrogens is 699 g/mol. The second-order valence-electron chi connectivity index (χ2n) is 8.32. The molecule has 0 aromatic carbocycles. The van der Waals surface area contributed by atoms with E-state index in [0.29, 0.717) is 16.6 Å². The molecule has 0 aliphatic heterocycles. The number of halogens is 6. The zero-order valence-electron chi connectivity index (χ0n) is 22.8. The second-order valence-corrected chi connectivity index (χ2v) is 15.3. The summed E-state index contributed by atoms with van der Waals surface area (Å²) in [6.07, 6.45) is 5.51. The van der Waals surface area contributed by atoms with Crippen LogP contribution in [0.4, 0.5) is 8.78 Å². The van der Waals surface area contributed by atoms with Gasteiger partial charge in [0.05, 0.1) is 25.6 Å². The lowest BCUT2D eigenvalue weighted by Gasteiger charge is -2.06. The summed E-state index contributed by atoms with van der Waals surface area (Å²) < 4.78 is 47.4. The molecule has 0 bridgehead atoms. The van der Waals surface area contributed by atoms with Crippen molar-refractivity contribution in [1.29, 1.82) is 0 Å². The summed E-state index contributed by atoms with van der Waals surface area (Å²) in [6, 6.07) is 10.3. The van der Waals surface area contributed by atoms with Crippen molar-refractivity contribution in [2.75, 3.05) is 14.2 Å². The van der Waals surface area contributed by atoms with Crippen molar-refractivity contribution in [3.05, 3.63) is 88.6 Å². The van der Waals surface area contributed by atoms with Crippen LogP contribution in [-0.4, -0.2) is 54.1 Å². The Morgan fingerprint density at radius 2 is 1.29 bits per heavy atom. The number of ether oxygens (including phenoxy) is 2. The molecule has 0 aliphatic carbocycles. The van der Waals surface area contributed by atoms with Crippen LogP contribution in [0.1, 0.15) is 0 Å². The Balaban J connectivity index is 0.000000179. The SMILES string of the molecule is COc1ncnc(-c2cc3cccnc3c(=O)[nH]2)c1F.COc1ncnc(-c2cc3cccnc3c(Cl)n2)c1F.O=P(Cl)(Cl)Cl. The smallest absolute Gasteiger partial charge is 0.339 e. The highest BCUT2D eigenvalue weighted by molar-refractivity contribution is 8.24. The maximum Gasteiger partial charge on any atom is 0.339 e. The van der Waals surface area contributed by atoms with E-state index < -0.39 is 22.4 Å². The molecule has 12 nitrogen and oxygen atoms in total. The second kappa shape index (κ2) is 14.8. The molecule has 45 heavy (non-hydrogen) atoms. The summed E-state index contributed by atoms with van der Waals surface area (Å²) >= 11 is 19.9. The van der Waals surface area contributed by atoms with Gasteiger partial charge in [-0.15, -0.1) is 0 Å². The van der Waals surface area contributed by atoms with Gasteiger partial charge < -0.3 is 14.5 Å². The molecule has 0 saturated carbocycles. The molecule has 0 unspecified atom stereocenters. The molecule has 0 radical (unpaired) electrons. The zero-order valence-corrected chi connectivity index (χ0v) is 26.7. The fourth-order valence-electron chi connectivity index (χ4n) is 3.75. The molecule has 19 heteroatoms. The molecule has 6 aromatic heterocycles. The minimum atomic E-state index is -3.22. The Bertz CT molecular complexity index is 2100. The van der Waals surface area contributed by atoms with Crippen molar-refractivity contribution in [3.8, 4) is 34.5 Å². The molecule has 0 fully saturated rings. The largest absolute Gasteiger partial charge is 0.479 e. The Hall–Kier alpha value is -4.07. The number of hydrogen-bond donors (Lipinski definition) is 1. The quantitative estimate of drug-likeness (QED) is 0.145. The third kappa shape index (κ3) is 8.56. The molecule has 0 aliphatic rings. The van der Waals surface area contributed by atoms with E-state index in [2.05, 4.69) is 73.6 Å². The summed E-state index contributed by atoms with van der Waals surface area (Å²) in [7, 11) is 2.64. The van der Waals surface area contributed by atoms with Gasteiger partial charge in [0.15, 0.2) is 5.15 Å². The average Bonchev–Trinajstić information content (AvgIpc) is 3.01. The number of nitrogens with one attached hydrogen (secondary N) is 1. The minimum absolute atomic E-state index is 0.0281. The van der Waals surface area contributed by atoms with E-state index in [1.807, 2.05) is 6.07 Å². The summed E-state index contributed by atoms with van der Waals surface area (Å²) in [5.41, 5.74) is 0.985. The van der Waals surface area contributed by atoms with E-state index in [1.54, 1.807) is 36.5 Å². The van der Waals surface area contributed by atoms with Crippen LogP contribution in [-0.2, 0) is 4.57 Å². The number of hydrogen-bond acceptors (Lipinski definition) is 11. The van der Waals surface area contributed by atoms with E-state index in [1.165, 1.54) is 33.1 Å². The number of aromatic nitrogens is 8. The van der Waals surface area contributed by atoms with Gasteiger partial charge in [0, 0.05) is 23.2 Å². The summed E-state index contributed by atoms with van der Waals surface area (Å²) in [4.78, 5) is 41.8. The highest BCUT2D eigenvalue weighted by atomic mass is 36.0. The van der Waals surface area contributed by atoms with Gasteiger partial charge in [0.1, 0.15) is 35.1 Å². The maximum atomic E-state index is 14.1. The van der Waals surface area contributed by atoms with Crippen LogP contribution in [0.3, 0.4) is 0 Å². The first-order valence-electron chi connectivity index (χ1n) is 12.1. The lowest BCUT2D eigenvalue weighted by molar-refractivity contribution is 0.368. The molecule has 6 rings (SSSR count). The Kier molecular flexibility index (Phi) is 11.1. The van der Waals surface area contributed by atoms with Crippen LogP contribution >= 0.6 is 50.5 Å². The Labute approximate surface area is 271 Å². The molecular formula is C26H17Cl4F2N8O4P. The molecule has 232 valence electrons. The van der Waals surface area contributed by atoms with E-state index in [0.717, 1.165) is 5.39 Å². The third-order valence-corrected chi connectivity index (χ3v) is 5.81. The number of fused-ring (bicyclic) bond motifs is 2. The topological polar surface area (TPSA) is 159 Å². The predicted octanol–water partition coefficient (Wildman–Crippen LogP) is 7.23. The van der Waals surface area contributed by atoms with E-state index in [4.69, 9.17) is 21.1 Å². The van der Waals surface area contributed by atoms with Gasteiger partial charge in [-0.1, -0.05) is 23.7 Å². The van der Waals surface area contributed by atoms with Crippen LogP contribution in [0.25, 0.3) is 44.6 Å². The van der Waals surface area contributed by atoms with E-state index >= 15 is 0 Å². The molecule has 0 spiro atoms. The van der Waals surface area contributed by atoms with Gasteiger partial charge in [0.2, 0.25) is 11.6 Å². The molecule has 0 amide bonds. The predicted molar refractivity (Wildman–Crippen MR) is 167 cm³/mol. The first-order chi connectivity index (χ1) is 21.4. The van der Waals surface area contributed by atoms with E-state index in [-0.39, 0.29) is 39.5 Å². The van der Waals surface area contributed by atoms with Crippen LogP contribution < -0.4 is 15.0 Å². The van der Waals surface area contributed by atoms with Crippen molar-refractivity contribution in [2.24, 2.45) is 0 Å². The van der Waals surface area contributed by atoms with Crippen LogP contribution in [0.15, 0.2) is 66.2 Å². The van der Waals surface area contributed by atoms with Gasteiger partial charge in [0.25, 0.3) is 17.3 Å². The Morgan fingerprint density at radius 1 is 0.778 bits per heavy atom. The fourth-order valence-corrected chi connectivity index (χ4v) is 4.00. The van der Waals surface area contributed by atoms with Crippen molar-refractivity contribution in [3.63, 3.8) is 0 Å². The van der Waals surface area contributed by atoms with Gasteiger partial charge >= 0.3 is 5.20 Å². The molecule has 6 heterocycles. The summed E-state index contributed by atoms with van der Waals surface area (Å²) in [6.45, 7) is 0. The standard InChI is InChI=1S/C13H8ClFN4O.C13H9FN4O2.Cl3OP/c1-20-13-9(15)11(17-6-18-13)8-5-7-3-2-4-16-10(7)12(14)19-8;1-20-13-9(14)11(16-6-17-13)8-5-7-3-2-4-15-10(7)12(19)18-8;1-5(2,3)4/h2-6H,1H3;2-6H,1H3,(H,18,19);. The summed E-state index contributed by atoms with van der Waals surface area (Å²) in [5.74, 6) is -1.72. The zero-order chi connectivity index (χ0) is 32.7. The molecule has 0 saturated heterocycles. The number of methoxy groups -OCH3 is 2. The Morgan fingerprint density at radius 3 is 1.87 bits per heavy atom. The first kappa shape index (κ1) is 33.8. The molecule has 1 N–H and O–H groups in total. The third-order valence-electron chi connectivity index (χ3n) is 5.55. The van der Waals surface area contributed by atoms with Crippen LogP contribution in [0.2, 0.25) is 5.15 Å². The maximum absolute atomic E-state index is 14.1. The average molecular weight is 716 g/mol. The highest BCUT2D eigenvalue weighted by Gasteiger charge is 2.17. The van der Waals surface area contributed by atoms with Gasteiger partial charge in [-0.2, -0.15) is 18.7 Å². The van der Waals surface area contributed by atoms with Crippen molar-refractivity contribution in [2.45, 2.75) is 0 Å². The highest BCUT2D eigenvalue weighted by Crippen LogP contribution is 2.61. The van der Waals surface area contributed by atoms with Crippen LogP contribution in [0.5, 0.6) is 11.8 Å². The van der Waals surface area contributed by atoms with Crippen molar-refractivity contribution in [1.82, 2.24) is 39.9 Å². The lowest BCUT2D eigenvalue weighted by Crippen LogP contribution is -2.10.